The molecule has 250 valence electrons. The lowest BCUT2D eigenvalue weighted by molar-refractivity contribution is -0.147. The van der Waals surface area contributed by atoms with Gasteiger partial charge in [-0.05, 0) is 77.0 Å². The van der Waals surface area contributed by atoms with E-state index in [1.807, 2.05) is 16.8 Å². The number of hydrogen-bond acceptors (Lipinski definition) is 5. The van der Waals surface area contributed by atoms with Gasteiger partial charge in [-0.15, -0.1) is 0 Å². The quantitative estimate of drug-likeness (QED) is 0.485. The molecule has 3 amide bonds. The molecule has 0 spiro atoms. The highest BCUT2D eigenvalue weighted by Gasteiger charge is 2.51. The number of carbonyl (C=O) groups is 3. The van der Waals surface area contributed by atoms with Gasteiger partial charge < -0.3 is 19.6 Å². The Morgan fingerprint density at radius 1 is 0.911 bits per heavy atom. The number of rotatable bonds is 5. The van der Waals surface area contributed by atoms with Gasteiger partial charge in [-0.2, -0.15) is 0 Å². The van der Waals surface area contributed by atoms with Crippen molar-refractivity contribution in [2.45, 2.75) is 103 Å². The number of nitrogens with zero attached hydrogens (tertiary/aromatic N) is 5. The Balaban J connectivity index is 1.47. The maximum Gasteiger partial charge on any atom is 0.245 e. The lowest BCUT2D eigenvalue weighted by Gasteiger charge is -2.42. The molecular weight excluding hydrogens is 576 g/mol. The van der Waals surface area contributed by atoms with Crippen LogP contribution in [0.25, 0.3) is 0 Å². The second kappa shape index (κ2) is 12.9. The highest BCUT2D eigenvalue weighted by Crippen LogP contribution is 2.42. The first kappa shape index (κ1) is 33.8. The van der Waals surface area contributed by atoms with Crippen LogP contribution in [-0.2, 0) is 14.4 Å². The van der Waals surface area contributed by atoms with E-state index in [-0.39, 0.29) is 47.3 Å². The third-order valence-electron chi connectivity index (χ3n) is 11.1. The van der Waals surface area contributed by atoms with E-state index in [9.17, 15) is 18.8 Å². The summed E-state index contributed by atoms with van der Waals surface area (Å²) < 4.78 is 29.2. The third kappa shape index (κ3) is 7.22. The van der Waals surface area contributed by atoms with Gasteiger partial charge in [-0.1, -0.05) is 19.9 Å². The summed E-state index contributed by atoms with van der Waals surface area (Å²) in [6, 6.07) is 2.73. The van der Waals surface area contributed by atoms with Gasteiger partial charge in [-0.25, -0.2) is 8.78 Å². The van der Waals surface area contributed by atoms with Crippen LogP contribution in [-0.4, -0.2) is 119 Å². The zero-order valence-electron chi connectivity index (χ0n) is 28.3. The molecule has 1 unspecified atom stereocenters. The van der Waals surface area contributed by atoms with E-state index >= 15 is 4.39 Å². The minimum Gasteiger partial charge on any atom is -0.338 e. The maximum atomic E-state index is 15.2. The summed E-state index contributed by atoms with van der Waals surface area (Å²) in [6.07, 6.45) is 4.26. The number of likely N-dealkylation sites (tertiary alicyclic amines) is 2. The number of hydrogen-bond donors (Lipinski definition) is 0. The zero-order valence-corrected chi connectivity index (χ0v) is 28.3. The fourth-order valence-electron chi connectivity index (χ4n) is 8.14. The van der Waals surface area contributed by atoms with Gasteiger partial charge in [0.05, 0.1) is 12.0 Å². The number of halogens is 2. The summed E-state index contributed by atoms with van der Waals surface area (Å²) in [5.74, 6) is -2.66. The smallest absolute Gasteiger partial charge is 0.245 e. The molecule has 3 aliphatic heterocycles. The molecule has 0 aromatic heterocycles. The molecule has 1 saturated carbocycles. The standard InChI is InChI=1S/C35H53F2N5O3/c1-23(43)42(25-10-12-35(5,6)13-11-25)26-19-31(33(45)39-16-14-38(7)15-17-39)41(20-26)32(44)29-22-40(34(2,3)4)21-28(29)27-9-8-24(36)18-30(27)37/h8-9,18,25-26,28-29,31H,10-17,19-22H2,1-7H3/t26?,28-,29+,31-/m0/s1. The van der Waals surface area contributed by atoms with Crippen molar-refractivity contribution in [3.05, 3.63) is 35.4 Å². The van der Waals surface area contributed by atoms with Crippen molar-refractivity contribution < 1.29 is 23.2 Å². The highest BCUT2D eigenvalue weighted by atomic mass is 19.1. The summed E-state index contributed by atoms with van der Waals surface area (Å²) in [5.41, 5.74) is 0.296. The molecule has 1 aromatic rings. The van der Waals surface area contributed by atoms with Crippen molar-refractivity contribution >= 4 is 17.7 Å². The molecule has 0 radical (unpaired) electrons. The molecule has 1 aromatic carbocycles. The highest BCUT2D eigenvalue weighted by molar-refractivity contribution is 5.90. The summed E-state index contributed by atoms with van der Waals surface area (Å²) in [7, 11) is 2.04. The second-order valence-corrected chi connectivity index (χ2v) is 15.8. The Kier molecular flexibility index (Phi) is 9.68. The van der Waals surface area contributed by atoms with Gasteiger partial charge in [0, 0.05) is 76.3 Å². The van der Waals surface area contributed by atoms with Crippen molar-refractivity contribution in [2.24, 2.45) is 11.3 Å². The average Bonchev–Trinajstić information content (AvgIpc) is 3.59. The van der Waals surface area contributed by atoms with Gasteiger partial charge in [-0.3, -0.25) is 19.3 Å². The summed E-state index contributed by atoms with van der Waals surface area (Å²) >= 11 is 0. The molecule has 5 rings (SSSR count). The summed E-state index contributed by atoms with van der Waals surface area (Å²) in [4.78, 5) is 52.1. The Hall–Kier alpha value is -2.59. The van der Waals surface area contributed by atoms with E-state index in [1.54, 1.807) is 11.8 Å². The largest absolute Gasteiger partial charge is 0.338 e. The topological polar surface area (TPSA) is 67.4 Å². The van der Waals surface area contributed by atoms with Crippen molar-refractivity contribution in [3.63, 3.8) is 0 Å². The number of carbonyl (C=O) groups excluding carboxylic acids is 3. The Morgan fingerprint density at radius 3 is 2.13 bits per heavy atom. The van der Waals surface area contributed by atoms with Crippen LogP contribution >= 0.6 is 0 Å². The van der Waals surface area contributed by atoms with Crippen molar-refractivity contribution in [3.8, 4) is 0 Å². The van der Waals surface area contributed by atoms with E-state index in [0.29, 0.717) is 38.2 Å². The molecule has 1 aliphatic carbocycles. The summed E-state index contributed by atoms with van der Waals surface area (Å²) in [6.45, 7) is 16.2. The number of benzene rings is 1. The monoisotopic (exact) mass is 629 g/mol. The molecular formula is C35H53F2N5O3. The van der Waals surface area contributed by atoms with E-state index in [0.717, 1.165) is 44.8 Å². The number of amides is 3. The first-order valence-corrected chi connectivity index (χ1v) is 16.8. The maximum absolute atomic E-state index is 15.2. The van der Waals surface area contributed by atoms with Crippen molar-refractivity contribution in [1.29, 1.82) is 0 Å². The van der Waals surface area contributed by atoms with E-state index in [1.165, 1.54) is 12.1 Å². The van der Waals surface area contributed by atoms with Gasteiger partial charge in [0.25, 0.3) is 0 Å². The fourth-order valence-corrected chi connectivity index (χ4v) is 8.14. The molecule has 45 heavy (non-hydrogen) atoms. The van der Waals surface area contributed by atoms with Crippen LogP contribution in [0.15, 0.2) is 18.2 Å². The molecule has 3 heterocycles. The molecule has 0 N–H and O–H groups in total. The van der Waals surface area contributed by atoms with Gasteiger partial charge in [0.15, 0.2) is 0 Å². The molecule has 4 fully saturated rings. The second-order valence-electron chi connectivity index (χ2n) is 15.8. The molecule has 10 heteroatoms. The van der Waals surface area contributed by atoms with Crippen LogP contribution in [0.1, 0.15) is 85.1 Å². The predicted octanol–water partition coefficient (Wildman–Crippen LogP) is 4.34. The minimum atomic E-state index is -0.685. The summed E-state index contributed by atoms with van der Waals surface area (Å²) in [5, 5.41) is 0. The lowest BCUT2D eigenvalue weighted by atomic mass is 9.75. The van der Waals surface area contributed by atoms with Gasteiger partial charge in [0.1, 0.15) is 17.7 Å². The fraction of sp³-hybridized carbons (Fsp3) is 0.743. The number of likely N-dealkylation sites (N-methyl/N-ethyl adjacent to an activating group) is 1. The first-order chi connectivity index (χ1) is 21.1. The Labute approximate surface area is 268 Å². The first-order valence-electron chi connectivity index (χ1n) is 16.8. The van der Waals surface area contributed by atoms with Crippen molar-refractivity contribution in [2.75, 3.05) is 52.9 Å². The molecule has 3 saturated heterocycles. The normalized spacial score (nSPS) is 28.5. The third-order valence-corrected chi connectivity index (χ3v) is 11.1. The van der Waals surface area contributed by atoms with E-state index < -0.39 is 29.5 Å². The minimum absolute atomic E-state index is 0.0177. The Bertz CT molecular complexity index is 1260. The average molecular weight is 630 g/mol. The van der Waals surface area contributed by atoms with Crippen molar-refractivity contribution in [1.82, 2.24) is 24.5 Å². The van der Waals surface area contributed by atoms with Crippen LogP contribution in [0.4, 0.5) is 8.78 Å². The van der Waals surface area contributed by atoms with Crippen LogP contribution < -0.4 is 0 Å². The molecule has 0 bridgehead atoms. The zero-order chi connectivity index (χ0) is 32.8. The lowest BCUT2D eigenvalue weighted by Crippen LogP contribution is -2.54. The van der Waals surface area contributed by atoms with Crippen LogP contribution in [0, 0.1) is 23.0 Å². The van der Waals surface area contributed by atoms with Crippen LogP contribution in [0.3, 0.4) is 0 Å². The van der Waals surface area contributed by atoms with Crippen LogP contribution in [0.2, 0.25) is 0 Å². The molecule has 4 aliphatic rings. The molecule has 4 atom stereocenters. The van der Waals surface area contributed by atoms with Gasteiger partial charge in [0.2, 0.25) is 17.7 Å². The Morgan fingerprint density at radius 2 is 1.56 bits per heavy atom. The number of piperazine rings is 1. The SMILES string of the molecule is CC(=O)N(C1CCC(C)(C)CC1)C1C[C@@H](C(=O)N2CCN(C)CC2)N(C(=O)[C@@H]2CN(C(C)(C)C)C[C@H]2c2ccc(F)cc2F)C1. The van der Waals surface area contributed by atoms with Gasteiger partial charge >= 0.3 is 0 Å². The molecule has 8 nitrogen and oxygen atoms in total. The van der Waals surface area contributed by atoms with Crippen LogP contribution in [0.5, 0.6) is 0 Å². The predicted molar refractivity (Wildman–Crippen MR) is 170 cm³/mol. The van der Waals surface area contributed by atoms with E-state index in [4.69, 9.17) is 0 Å². The van der Waals surface area contributed by atoms with E-state index in [2.05, 4.69) is 44.4 Å².